The van der Waals surface area contributed by atoms with Crippen LogP contribution in [-0.4, -0.2) is 60.3 Å². The molecule has 6 heteroatoms. The molecular formula is C21H30ClN3O2. The molecule has 2 N–H and O–H groups in total. The van der Waals surface area contributed by atoms with Gasteiger partial charge in [0.15, 0.2) is 0 Å². The summed E-state index contributed by atoms with van der Waals surface area (Å²) in [7, 11) is 0. The molecule has 1 spiro atoms. The Hall–Kier alpha value is -1.30. The molecule has 2 saturated heterocycles. The van der Waals surface area contributed by atoms with Crippen molar-refractivity contribution in [3.8, 4) is 0 Å². The van der Waals surface area contributed by atoms with Crippen LogP contribution in [0.2, 0.25) is 5.02 Å². The van der Waals surface area contributed by atoms with Gasteiger partial charge in [0.1, 0.15) is 0 Å². The molecule has 1 amide bonds. The molecule has 27 heavy (non-hydrogen) atoms. The number of amides is 1. The van der Waals surface area contributed by atoms with Crippen molar-refractivity contribution in [2.75, 3.05) is 39.3 Å². The van der Waals surface area contributed by atoms with Gasteiger partial charge >= 0.3 is 6.09 Å². The minimum atomic E-state index is -0.806. The highest BCUT2D eigenvalue weighted by Gasteiger charge is 2.40. The summed E-state index contributed by atoms with van der Waals surface area (Å²) >= 11 is 6.37. The highest BCUT2D eigenvalue weighted by Crippen LogP contribution is 2.52. The van der Waals surface area contributed by atoms with Crippen LogP contribution in [0.1, 0.15) is 49.1 Å². The van der Waals surface area contributed by atoms with Gasteiger partial charge < -0.3 is 15.3 Å². The molecule has 2 heterocycles. The Morgan fingerprint density at radius 1 is 1.19 bits per heavy atom. The lowest BCUT2D eigenvalue weighted by molar-refractivity contribution is 0.103. The molecule has 1 aliphatic carbocycles. The molecule has 4 rings (SSSR count). The number of benzene rings is 1. The molecule has 5 nitrogen and oxygen atoms in total. The first-order valence-corrected chi connectivity index (χ1v) is 10.6. The molecule has 3 aliphatic rings. The third-order valence-corrected chi connectivity index (χ3v) is 7.19. The monoisotopic (exact) mass is 391 g/mol. The Bertz CT molecular complexity index is 682. The van der Waals surface area contributed by atoms with Gasteiger partial charge in [-0.2, -0.15) is 0 Å². The van der Waals surface area contributed by atoms with Crippen molar-refractivity contribution in [1.29, 1.82) is 0 Å². The molecular weight excluding hydrogens is 362 g/mol. The van der Waals surface area contributed by atoms with E-state index in [2.05, 4.69) is 22.3 Å². The number of carboxylic acid groups (broad SMARTS) is 1. The van der Waals surface area contributed by atoms with E-state index < -0.39 is 6.09 Å². The SMILES string of the molecule is O=C(O)N1CCN(Cc2ccc(Cl)cc2C2CCC3(CCNCC3)C2)CC1. The molecule has 148 valence electrons. The maximum atomic E-state index is 11.1. The summed E-state index contributed by atoms with van der Waals surface area (Å²) in [4.78, 5) is 15.0. The van der Waals surface area contributed by atoms with E-state index in [4.69, 9.17) is 16.7 Å². The van der Waals surface area contributed by atoms with Crippen LogP contribution in [-0.2, 0) is 6.54 Å². The van der Waals surface area contributed by atoms with Crippen LogP contribution >= 0.6 is 11.6 Å². The number of hydrogen-bond donors (Lipinski definition) is 2. The molecule has 1 aromatic rings. The minimum absolute atomic E-state index is 0.530. The second-order valence-corrected chi connectivity index (χ2v) is 9.02. The maximum absolute atomic E-state index is 11.1. The van der Waals surface area contributed by atoms with E-state index in [0.717, 1.165) is 37.7 Å². The van der Waals surface area contributed by atoms with Crippen molar-refractivity contribution < 1.29 is 9.90 Å². The highest BCUT2D eigenvalue weighted by molar-refractivity contribution is 6.30. The topological polar surface area (TPSA) is 55.8 Å². The quantitative estimate of drug-likeness (QED) is 0.823. The van der Waals surface area contributed by atoms with Gasteiger partial charge in [-0.3, -0.25) is 4.90 Å². The van der Waals surface area contributed by atoms with Crippen LogP contribution in [0.15, 0.2) is 18.2 Å². The standard InChI is InChI=1S/C21H30ClN3O2/c22-18-2-1-17(15-24-9-11-25(12-10-24)20(26)27)19(13-18)16-3-4-21(14-16)5-7-23-8-6-21/h1-2,13,16,23H,3-12,14-15H2,(H,26,27). The normalized spacial score (nSPS) is 25.8. The number of carbonyl (C=O) groups is 1. The summed E-state index contributed by atoms with van der Waals surface area (Å²) in [5.74, 6) is 0.608. The first-order chi connectivity index (χ1) is 13.0. The van der Waals surface area contributed by atoms with Crippen LogP contribution in [0.4, 0.5) is 4.79 Å². The van der Waals surface area contributed by atoms with Crippen molar-refractivity contribution in [3.63, 3.8) is 0 Å². The van der Waals surface area contributed by atoms with Crippen LogP contribution in [0.5, 0.6) is 0 Å². The third-order valence-electron chi connectivity index (χ3n) is 6.95. The summed E-state index contributed by atoms with van der Waals surface area (Å²) in [5.41, 5.74) is 3.33. The fourth-order valence-electron chi connectivity index (χ4n) is 5.31. The van der Waals surface area contributed by atoms with Crippen LogP contribution in [0.25, 0.3) is 0 Å². The van der Waals surface area contributed by atoms with Gasteiger partial charge in [-0.15, -0.1) is 0 Å². The average molecular weight is 392 g/mol. The second-order valence-electron chi connectivity index (χ2n) is 8.58. The highest BCUT2D eigenvalue weighted by atomic mass is 35.5. The number of halogens is 1. The fourth-order valence-corrected chi connectivity index (χ4v) is 5.49. The zero-order chi connectivity index (χ0) is 18.9. The summed E-state index contributed by atoms with van der Waals surface area (Å²) in [6.07, 6.45) is 5.69. The van der Waals surface area contributed by atoms with E-state index in [-0.39, 0.29) is 0 Å². The lowest BCUT2D eigenvalue weighted by Crippen LogP contribution is -2.47. The molecule has 1 aromatic carbocycles. The summed E-state index contributed by atoms with van der Waals surface area (Å²) in [6.45, 7) is 6.00. The number of piperazine rings is 1. The maximum Gasteiger partial charge on any atom is 0.407 e. The minimum Gasteiger partial charge on any atom is -0.465 e. The Labute approximate surface area is 166 Å². The van der Waals surface area contributed by atoms with Crippen LogP contribution in [0, 0.1) is 5.41 Å². The predicted octanol–water partition coefficient (Wildman–Crippen LogP) is 3.77. The predicted molar refractivity (Wildman–Crippen MR) is 107 cm³/mol. The Balaban J connectivity index is 1.46. The summed E-state index contributed by atoms with van der Waals surface area (Å²) in [5, 5.41) is 13.5. The van der Waals surface area contributed by atoms with Crippen LogP contribution < -0.4 is 5.32 Å². The zero-order valence-electron chi connectivity index (χ0n) is 15.9. The number of hydrogen-bond acceptors (Lipinski definition) is 3. The van der Waals surface area contributed by atoms with Gasteiger partial charge in [-0.05, 0) is 79.8 Å². The molecule has 3 fully saturated rings. The second kappa shape index (κ2) is 7.98. The van der Waals surface area contributed by atoms with E-state index in [1.807, 2.05) is 6.07 Å². The van der Waals surface area contributed by atoms with Crippen molar-refractivity contribution >= 4 is 17.7 Å². The van der Waals surface area contributed by atoms with Crippen molar-refractivity contribution in [1.82, 2.24) is 15.1 Å². The van der Waals surface area contributed by atoms with Gasteiger partial charge in [0.2, 0.25) is 0 Å². The van der Waals surface area contributed by atoms with Gasteiger partial charge in [0, 0.05) is 37.7 Å². The first-order valence-electron chi connectivity index (χ1n) is 10.2. The number of nitrogens with one attached hydrogen (secondary N) is 1. The molecule has 1 saturated carbocycles. The molecule has 1 atom stereocenters. The number of piperidine rings is 1. The molecule has 0 radical (unpaired) electrons. The Morgan fingerprint density at radius 3 is 2.63 bits per heavy atom. The molecule has 2 aliphatic heterocycles. The third kappa shape index (κ3) is 4.25. The first kappa shape index (κ1) is 19.0. The van der Waals surface area contributed by atoms with E-state index in [9.17, 15) is 4.79 Å². The van der Waals surface area contributed by atoms with Gasteiger partial charge in [-0.1, -0.05) is 17.7 Å². The Kier molecular flexibility index (Phi) is 5.62. The number of nitrogens with zero attached hydrogens (tertiary/aromatic N) is 2. The van der Waals surface area contributed by atoms with Crippen molar-refractivity contribution in [2.45, 2.75) is 44.6 Å². The molecule has 1 unspecified atom stereocenters. The van der Waals surface area contributed by atoms with E-state index in [0.29, 0.717) is 24.4 Å². The van der Waals surface area contributed by atoms with Gasteiger partial charge in [-0.25, -0.2) is 4.79 Å². The fraction of sp³-hybridized carbons (Fsp3) is 0.667. The van der Waals surface area contributed by atoms with E-state index in [1.54, 1.807) is 0 Å². The Morgan fingerprint density at radius 2 is 1.93 bits per heavy atom. The molecule has 0 aromatic heterocycles. The van der Waals surface area contributed by atoms with Crippen molar-refractivity contribution in [2.24, 2.45) is 5.41 Å². The lowest BCUT2D eigenvalue weighted by Gasteiger charge is -2.35. The van der Waals surface area contributed by atoms with Gasteiger partial charge in [0.25, 0.3) is 0 Å². The number of rotatable bonds is 3. The van der Waals surface area contributed by atoms with Crippen LogP contribution in [0.3, 0.4) is 0 Å². The summed E-state index contributed by atoms with van der Waals surface area (Å²) in [6, 6.07) is 6.38. The van der Waals surface area contributed by atoms with Gasteiger partial charge in [0.05, 0.1) is 0 Å². The summed E-state index contributed by atoms with van der Waals surface area (Å²) < 4.78 is 0. The largest absolute Gasteiger partial charge is 0.465 e. The molecule has 0 bridgehead atoms. The lowest BCUT2D eigenvalue weighted by atomic mass is 9.76. The zero-order valence-corrected chi connectivity index (χ0v) is 16.7. The average Bonchev–Trinajstić information content (AvgIpc) is 3.07. The van der Waals surface area contributed by atoms with Crippen molar-refractivity contribution in [3.05, 3.63) is 34.3 Å². The smallest absolute Gasteiger partial charge is 0.407 e. The van der Waals surface area contributed by atoms with E-state index in [1.165, 1.54) is 48.1 Å². The van der Waals surface area contributed by atoms with E-state index >= 15 is 0 Å².